The van der Waals surface area contributed by atoms with Crippen molar-refractivity contribution in [2.45, 2.75) is 13.0 Å². The number of amides is 1. The Balaban J connectivity index is 1.76. The van der Waals surface area contributed by atoms with Crippen LogP contribution >= 0.6 is 15.9 Å². The Morgan fingerprint density at radius 1 is 1.00 bits per heavy atom. The number of methoxy groups -OCH3 is 1. The number of benzene rings is 3. The summed E-state index contributed by atoms with van der Waals surface area (Å²) in [6.45, 7) is 2.46. The van der Waals surface area contributed by atoms with Gasteiger partial charge in [-0.05, 0) is 55.0 Å². The lowest BCUT2D eigenvalue weighted by atomic mass is 9.98. The summed E-state index contributed by atoms with van der Waals surface area (Å²) in [4.78, 5) is 28.9. The van der Waals surface area contributed by atoms with Gasteiger partial charge in [-0.15, -0.1) is 0 Å². The van der Waals surface area contributed by atoms with E-state index in [9.17, 15) is 9.59 Å². The zero-order valence-corrected chi connectivity index (χ0v) is 19.6. The second-order valence-corrected chi connectivity index (χ2v) is 8.51. The van der Waals surface area contributed by atoms with E-state index in [1.807, 2.05) is 43.3 Å². The van der Waals surface area contributed by atoms with Crippen LogP contribution in [0.4, 0.5) is 5.69 Å². The molecular weight excluding hydrogens is 486 g/mol. The summed E-state index contributed by atoms with van der Waals surface area (Å²) in [5, 5.41) is 0.416. The third-order valence-corrected chi connectivity index (χ3v) is 6.16. The number of nitrogens with zero attached hydrogens (tertiary/aromatic N) is 1. The summed E-state index contributed by atoms with van der Waals surface area (Å²) in [5.41, 5.74) is 1.83. The highest BCUT2D eigenvalue weighted by molar-refractivity contribution is 9.10. The third kappa shape index (κ3) is 3.58. The van der Waals surface area contributed by atoms with Gasteiger partial charge in [0.1, 0.15) is 17.1 Å². The van der Waals surface area contributed by atoms with Gasteiger partial charge in [0, 0.05) is 16.2 Å². The Labute approximate surface area is 198 Å². The van der Waals surface area contributed by atoms with Crippen LogP contribution in [0.3, 0.4) is 0 Å². The zero-order chi connectivity index (χ0) is 23.1. The molecule has 6 nitrogen and oxygen atoms in total. The summed E-state index contributed by atoms with van der Waals surface area (Å²) in [6.07, 6.45) is 0. The fourth-order valence-corrected chi connectivity index (χ4v) is 4.56. The van der Waals surface area contributed by atoms with Gasteiger partial charge in [0.2, 0.25) is 5.76 Å². The molecule has 0 saturated heterocycles. The first-order chi connectivity index (χ1) is 16.0. The molecule has 7 heteroatoms. The van der Waals surface area contributed by atoms with Gasteiger partial charge in [0.15, 0.2) is 5.43 Å². The topological polar surface area (TPSA) is 69.0 Å². The summed E-state index contributed by atoms with van der Waals surface area (Å²) in [7, 11) is 1.57. The van der Waals surface area contributed by atoms with Crippen molar-refractivity contribution in [3.8, 4) is 11.5 Å². The monoisotopic (exact) mass is 505 g/mol. The van der Waals surface area contributed by atoms with E-state index in [0.29, 0.717) is 40.3 Å². The SMILES string of the molecule is CCOc1ccc(C2c3c(oc4ccc(Br)cc4c3=O)C(=O)N2c2cccc(OC)c2)cc1. The number of hydrogen-bond donors (Lipinski definition) is 0. The van der Waals surface area contributed by atoms with E-state index in [4.69, 9.17) is 13.9 Å². The van der Waals surface area contributed by atoms with Crippen LogP contribution in [0.5, 0.6) is 11.5 Å². The molecule has 2 heterocycles. The highest BCUT2D eigenvalue weighted by atomic mass is 79.9. The minimum absolute atomic E-state index is 0.0523. The van der Waals surface area contributed by atoms with E-state index in [-0.39, 0.29) is 17.1 Å². The minimum Gasteiger partial charge on any atom is -0.497 e. The minimum atomic E-state index is -0.657. The maximum absolute atomic E-state index is 13.7. The molecule has 33 heavy (non-hydrogen) atoms. The smallest absolute Gasteiger partial charge is 0.295 e. The highest BCUT2D eigenvalue weighted by Crippen LogP contribution is 2.42. The number of fused-ring (bicyclic) bond motifs is 2. The summed E-state index contributed by atoms with van der Waals surface area (Å²) in [5.74, 6) is 0.999. The molecule has 1 unspecified atom stereocenters. The number of carbonyl (C=O) groups excluding carboxylic acids is 1. The number of ether oxygens (including phenoxy) is 2. The Bertz CT molecular complexity index is 1430. The maximum atomic E-state index is 13.7. The van der Waals surface area contributed by atoms with Crippen molar-refractivity contribution >= 4 is 38.5 Å². The molecular formula is C26H20BrNO5. The van der Waals surface area contributed by atoms with Crippen LogP contribution in [-0.4, -0.2) is 19.6 Å². The van der Waals surface area contributed by atoms with Crippen molar-refractivity contribution in [1.29, 1.82) is 0 Å². The average Bonchev–Trinajstić information content (AvgIpc) is 3.13. The number of halogens is 1. The Kier molecular flexibility index (Phi) is 5.42. The van der Waals surface area contributed by atoms with Crippen LogP contribution in [0, 0.1) is 0 Å². The molecule has 5 rings (SSSR count). The average molecular weight is 506 g/mol. The molecule has 0 saturated carbocycles. The van der Waals surface area contributed by atoms with Crippen molar-refractivity contribution in [1.82, 2.24) is 0 Å². The third-order valence-electron chi connectivity index (χ3n) is 5.67. The van der Waals surface area contributed by atoms with Gasteiger partial charge in [0.25, 0.3) is 5.91 Å². The van der Waals surface area contributed by atoms with Crippen LogP contribution in [0.15, 0.2) is 80.4 Å². The second kappa shape index (κ2) is 8.41. The first-order valence-electron chi connectivity index (χ1n) is 10.5. The van der Waals surface area contributed by atoms with Crippen LogP contribution in [-0.2, 0) is 0 Å². The molecule has 3 aromatic carbocycles. The van der Waals surface area contributed by atoms with E-state index >= 15 is 0 Å². The summed E-state index contributed by atoms with van der Waals surface area (Å²) >= 11 is 3.42. The fourth-order valence-electron chi connectivity index (χ4n) is 4.20. The van der Waals surface area contributed by atoms with E-state index < -0.39 is 6.04 Å². The normalized spacial score (nSPS) is 15.1. The molecule has 0 fully saturated rings. The lowest BCUT2D eigenvalue weighted by Crippen LogP contribution is -2.29. The molecule has 4 aromatic rings. The summed E-state index contributed by atoms with van der Waals surface area (Å²) in [6, 6.07) is 19.1. The van der Waals surface area contributed by atoms with Crippen LogP contribution in [0.2, 0.25) is 0 Å². The Morgan fingerprint density at radius 2 is 1.79 bits per heavy atom. The van der Waals surface area contributed by atoms with Crippen LogP contribution in [0.1, 0.15) is 34.6 Å². The van der Waals surface area contributed by atoms with Crippen molar-refractivity contribution in [3.63, 3.8) is 0 Å². The first kappa shape index (κ1) is 21.3. The highest BCUT2D eigenvalue weighted by Gasteiger charge is 2.43. The lowest BCUT2D eigenvalue weighted by molar-refractivity contribution is 0.0971. The maximum Gasteiger partial charge on any atom is 0.295 e. The van der Waals surface area contributed by atoms with Gasteiger partial charge in [-0.3, -0.25) is 14.5 Å². The molecule has 0 radical (unpaired) electrons. The van der Waals surface area contributed by atoms with Crippen molar-refractivity contribution in [3.05, 3.63) is 98.3 Å². The predicted octanol–water partition coefficient (Wildman–Crippen LogP) is 5.71. The van der Waals surface area contributed by atoms with Gasteiger partial charge >= 0.3 is 0 Å². The van der Waals surface area contributed by atoms with Gasteiger partial charge in [-0.1, -0.05) is 34.1 Å². The van der Waals surface area contributed by atoms with Crippen LogP contribution in [0.25, 0.3) is 11.0 Å². The van der Waals surface area contributed by atoms with Gasteiger partial charge in [-0.25, -0.2) is 0 Å². The number of carbonyl (C=O) groups is 1. The molecule has 1 aliphatic heterocycles. The number of hydrogen-bond acceptors (Lipinski definition) is 5. The van der Waals surface area contributed by atoms with Gasteiger partial charge in [0.05, 0.1) is 30.7 Å². The van der Waals surface area contributed by atoms with Crippen molar-refractivity contribution in [2.24, 2.45) is 0 Å². The molecule has 0 N–H and O–H groups in total. The number of rotatable bonds is 5. The molecule has 0 spiro atoms. The Morgan fingerprint density at radius 3 is 2.52 bits per heavy atom. The van der Waals surface area contributed by atoms with Gasteiger partial charge in [-0.2, -0.15) is 0 Å². The van der Waals surface area contributed by atoms with Gasteiger partial charge < -0.3 is 13.9 Å². The fraction of sp³-hybridized carbons (Fsp3) is 0.154. The van der Waals surface area contributed by atoms with Crippen LogP contribution < -0.4 is 19.8 Å². The molecule has 1 amide bonds. The van der Waals surface area contributed by atoms with E-state index in [1.165, 1.54) is 0 Å². The molecule has 0 bridgehead atoms. The molecule has 1 atom stereocenters. The van der Waals surface area contributed by atoms with Crippen molar-refractivity contribution in [2.75, 3.05) is 18.6 Å². The quantitative estimate of drug-likeness (QED) is 0.347. The van der Waals surface area contributed by atoms with Crippen molar-refractivity contribution < 1.29 is 18.7 Å². The van der Waals surface area contributed by atoms with E-state index in [0.717, 1.165) is 10.0 Å². The number of anilines is 1. The second-order valence-electron chi connectivity index (χ2n) is 7.60. The molecule has 0 aliphatic carbocycles. The molecule has 166 valence electrons. The molecule has 1 aromatic heterocycles. The van der Waals surface area contributed by atoms with E-state index in [2.05, 4.69) is 15.9 Å². The molecule has 1 aliphatic rings. The zero-order valence-electron chi connectivity index (χ0n) is 18.0. The predicted molar refractivity (Wildman–Crippen MR) is 129 cm³/mol. The first-order valence-corrected chi connectivity index (χ1v) is 11.3. The lowest BCUT2D eigenvalue weighted by Gasteiger charge is -2.25. The Hall–Kier alpha value is -3.58. The standard InChI is InChI=1S/C26H20BrNO5/c1-3-32-18-10-7-15(8-11-18)23-22-24(29)20-13-16(27)9-12-21(20)33-25(22)26(30)28(23)17-5-4-6-19(14-17)31-2/h4-14,23H,3H2,1-2H3. The van der Waals surface area contributed by atoms with E-state index in [1.54, 1.807) is 42.3 Å². The summed E-state index contributed by atoms with van der Waals surface area (Å²) < 4.78 is 17.7. The largest absolute Gasteiger partial charge is 0.497 e.